The molecule has 1 aliphatic carbocycles. The molecule has 2 aromatic rings. The van der Waals surface area contributed by atoms with Crippen molar-refractivity contribution in [1.29, 1.82) is 0 Å². The van der Waals surface area contributed by atoms with E-state index < -0.39 is 22.9 Å². The Hall–Kier alpha value is -3.16. The molecule has 8 heteroatoms. The lowest BCUT2D eigenvalue weighted by Crippen LogP contribution is -2.46. The van der Waals surface area contributed by atoms with Gasteiger partial charge in [-0.1, -0.05) is 12.1 Å². The average Bonchev–Trinajstić information content (AvgIpc) is 3.53. The summed E-state index contributed by atoms with van der Waals surface area (Å²) >= 11 is 0. The van der Waals surface area contributed by atoms with Gasteiger partial charge in [0.25, 0.3) is 11.8 Å². The van der Waals surface area contributed by atoms with Crippen LogP contribution in [-0.4, -0.2) is 39.5 Å². The monoisotopic (exact) mass is 425 g/mol. The number of carbonyl (C=O) groups excluding carboxylic acids is 2. The zero-order valence-electron chi connectivity index (χ0n) is 17.3. The molecule has 5 rings (SSSR count). The summed E-state index contributed by atoms with van der Waals surface area (Å²) in [5.41, 5.74) is -0.0455. The number of fused-ring (bicyclic) bond motifs is 5. The highest BCUT2D eigenvalue weighted by atomic mass is 19.1. The van der Waals surface area contributed by atoms with Crippen LogP contribution in [0.25, 0.3) is 0 Å². The van der Waals surface area contributed by atoms with E-state index in [1.807, 2.05) is 0 Å². The summed E-state index contributed by atoms with van der Waals surface area (Å²) in [6.45, 7) is 2.80. The highest BCUT2D eigenvalue weighted by Gasteiger charge is 2.54. The average molecular weight is 425 g/mol. The van der Waals surface area contributed by atoms with Crippen LogP contribution in [-0.2, 0) is 6.54 Å². The Morgan fingerprint density at radius 3 is 2.77 bits per heavy atom. The summed E-state index contributed by atoms with van der Waals surface area (Å²) in [4.78, 5) is 40.2. The van der Waals surface area contributed by atoms with Gasteiger partial charge in [0.1, 0.15) is 11.4 Å². The topological polar surface area (TPSA) is 91.6 Å². The SMILES string of the molecule is Cc1ccc(CNC(=O)c2cn3c(c(O)c2=O)C(=O)N2CCCC4(CC4)C3C2)c(F)c1. The van der Waals surface area contributed by atoms with E-state index in [1.165, 1.54) is 12.3 Å². The summed E-state index contributed by atoms with van der Waals surface area (Å²) in [7, 11) is 0. The molecule has 3 heterocycles. The number of aryl methyl sites for hydroxylation is 1. The minimum atomic E-state index is -0.883. The molecule has 31 heavy (non-hydrogen) atoms. The van der Waals surface area contributed by atoms with Gasteiger partial charge in [0, 0.05) is 31.4 Å². The van der Waals surface area contributed by atoms with Crippen molar-refractivity contribution in [3.05, 3.63) is 62.8 Å². The number of hydrogen-bond donors (Lipinski definition) is 2. The zero-order chi connectivity index (χ0) is 21.9. The predicted molar refractivity (Wildman–Crippen MR) is 111 cm³/mol. The second-order valence-corrected chi connectivity index (χ2v) is 8.99. The predicted octanol–water partition coefficient (Wildman–Crippen LogP) is 2.50. The Balaban J connectivity index is 1.50. The lowest BCUT2D eigenvalue weighted by molar-refractivity contribution is 0.0651. The molecular weight excluding hydrogens is 401 g/mol. The molecule has 1 saturated carbocycles. The van der Waals surface area contributed by atoms with Crippen LogP contribution in [0.4, 0.5) is 4.39 Å². The van der Waals surface area contributed by atoms with Crippen molar-refractivity contribution >= 4 is 11.8 Å². The van der Waals surface area contributed by atoms with E-state index >= 15 is 0 Å². The maximum Gasteiger partial charge on any atom is 0.274 e. The number of aromatic nitrogens is 1. The molecule has 1 saturated heterocycles. The van der Waals surface area contributed by atoms with Gasteiger partial charge in [0.05, 0.1) is 6.04 Å². The number of halogens is 1. The third-order valence-electron chi connectivity index (χ3n) is 7.02. The van der Waals surface area contributed by atoms with E-state index in [9.17, 15) is 23.9 Å². The van der Waals surface area contributed by atoms with E-state index in [-0.39, 0.29) is 35.2 Å². The molecule has 2 amide bonds. The van der Waals surface area contributed by atoms with Gasteiger partial charge >= 0.3 is 0 Å². The van der Waals surface area contributed by atoms with Crippen LogP contribution in [0.15, 0.2) is 29.2 Å². The van der Waals surface area contributed by atoms with Crippen molar-refractivity contribution in [1.82, 2.24) is 14.8 Å². The van der Waals surface area contributed by atoms with Gasteiger partial charge in [-0.3, -0.25) is 14.4 Å². The number of nitrogens with zero attached hydrogens (tertiary/aromatic N) is 2. The minimum absolute atomic E-state index is 0.0319. The number of amides is 2. The highest BCUT2D eigenvalue weighted by molar-refractivity contribution is 5.99. The molecule has 2 aliphatic heterocycles. The molecular formula is C23H24FN3O4. The van der Waals surface area contributed by atoms with Crippen LogP contribution < -0.4 is 10.7 Å². The summed E-state index contributed by atoms with van der Waals surface area (Å²) in [5, 5.41) is 13.2. The molecule has 7 nitrogen and oxygen atoms in total. The number of nitrogens with one attached hydrogen (secondary N) is 1. The maximum atomic E-state index is 14.1. The number of pyridine rings is 1. The largest absolute Gasteiger partial charge is 0.503 e. The fourth-order valence-corrected chi connectivity index (χ4v) is 5.05. The number of aromatic hydroxyl groups is 1. The first-order valence-electron chi connectivity index (χ1n) is 10.6. The second-order valence-electron chi connectivity index (χ2n) is 8.99. The van der Waals surface area contributed by atoms with Gasteiger partial charge in [-0.2, -0.15) is 0 Å². The van der Waals surface area contributed by atoms with E-state index in [0.29, 0.717) is 18.7 Å². The van der Waals surface area contributed by atoms with Crippen LogP contribution in [0.5, 0.6) is 5.75 Å². The Morgan fingerprint density at radius 2 is 2.06 bits per heavy atom. The van der Waals surface area contributed by atoms with E-state index in [4.69, 9.17) is 0 Å². The quantitative estimate of drug-likeness (QED) is 0.791. The third-order valence-corrected chi connectivity index (χ3v) is 7.02. The van der Waals surface area contributed by atoms with Crippen molar-refractivity contribution in [3.63, 3.8) is 0 Å². The van der Waals surface area contributed by atoms with E-state index in [0.717, 1.165) is 31.2 Å². The maximum absolute atomic E-state index is 14.1. The molecule has 1 aromatic heterocycles. The van der Waals surface area contributed by atoms with E-state index in [1.54, 1.807) is 28.5 Å². The van der Waals surface area contributed by atoms with Crippen LogP contribution in [0.1, 0.15) is 63.7 Å². The summed E-state index contributed by atoms with van der Waals surface area (Å²) in [5.74, 6) is -2.21. The first kappa shape index (κ1) is 19.8. The summed E-state index contributed by atoms with van der Waals surface area (Å²) in [6.07, 6.45) is 5.32. The van der Waals surface area contributed by atoms with Crippen molar-refractivity contribution < 1.29 is 19.1 Å². The number of rotatable bonds is 3. The van der Waals surface area contributed by atoms with Gasteiger partial charge in [0.2, 0.25) is 5.43 Å². The second kappa shape index (κ2) is 6.93. The summed E-state index contributed by atoms with van der Waals surface area (Å²) in [6, 6.07) is 4.62. The fraction of sp³-hybridized carbons (Fsp3) is 0.435. The van der Waals surface area contributed by atoms with Gasteiger partial charge < -0.3 is 19.9 Å². The molecule has 1 atom stereocenters. The van der Waals surface area contributed by atoms with Crippen LogP contribution in [0.2, 0.25) is 0 Å². The molecule has 1 unspecified atom stereocenters. The minimum Gasteiger partial charge on any atom is -0.503 e. The standard InChI is InChI=1S/C23H24FN3O4/c1-13-3-4-14(16(24)9-13)10-25-21(30)15-11-27-17-12-26(8-2-5-23(17)6-7-23)22(31)18(27)20(29)19(15)28/h3-4,9,11,17,29H,2,5-8,10,12H2,1H3,(H,25,30). The van der Waals surface area contributed by atoms with Crippen molar-refractivity contribution in [2.24, 2.45) is 5.41 Å². The van der Waals surface area contributed by atoms with Gasteiger partial charge in [0.15, 0.2) is 11.4 Å². The fourth-order valence-electron chi connectivity index (χ4n) is 5.05. The third kappa shape index (κ3) is 3.12. The molecule has 1 aromatic carbocycles. The lowest BCUT2D eigenvalue weighted by atomic mass is 9.90. The normalized spacial score (nSPS) is 20.9. The first-order valence-corrected chi connectivity index (χ1v) is 10.6. The molecule has 162 valence electrons. The van der Waals surface area contributed by atoms with Crippen molar-refractivity contribution in [2.45, 2.75) is 45.2 Å². The number of benzene rings is 1. The molecule has 1 spiro atoms. The smallest absolute Gasteiger partial charge is 0.274 e. The first-order chi connectivity index (χ1) is 14.8. The molecule has 0 radical (unpaired) electrons. The lowest BCUT2D eigenvalue weighted by Gasteiger charge is -2.37. The number of hydrogen-bond acceptors (Lipinski definition) is 4. The zero-order valence-corrected chi connectivity index (χ0v) is 17.3. The molecule has 2 fully saturated rings. The molecule has 2 bridgehead atoms. The van der Waals surface area contributed by atoms with Crippen molar-refractivity contribution in [2.75, 3.05) is 13.1 Å². The van der Waals surface area contributed by atoms with Crippen LogP contribution in [0, 0.1) is 18.2 Å². The highest BCUT2D eigenvalue weighted by Crippen LogP contribution is 2.60. The number of carbonyl (C=O) groups is 2. The Labute approximate surface area is 178 Å². The van der Waals surface area contributed by atoms with Gasteiger partial charge in [-0.15, -0.1) is 0 Å². The molecule has 2 N–H and O–H groups in total. The van der Waals surface area contributed by atoms with E-state index in [2.05, 4.69) is 5.32 Å². The van der Waals surface area contributed by atoms with Crippen LogP contribution in [0.3, 0.4) is 0 Å². The van der Waals surface area contributed by atoms with Crippen LogP contribution >= 0.6 is 0 Å². The molecule has 3 aliphatic rings. The Bertz CT molecular complexity index is 1170. The summed E-state index contributed by atoms with van der Waals surface area (Å²) < 4.78 is 15.7. The Morgan fingerprint density at radius 1 is 1.29 bits per heavy atom. The Kier molecular flexibility index (Phi) is 4.42. The van der Waals surface area contributed by atoms with Gasteiger partial charge in [-0.25, -0.2) is 4.39 Å². The van der Waals surface area contributed by atoms with Gasteiger partial charge in [-0.05, 0) is 49.7 Å². The van der Waals surface area contributed by atoms with Crippen molar-refractivity contribution in [3.8, 4) is 5.75 Å².